The van der Waals surface area contributed by atoms with Crippen molar-refractivity contribution in [2.75, 3.05) is 18.4 Å². The number of carbonyl (C=O) groups excluding carboxylic acids is 2. The van der Waals surface area contributed by atoms with Crippen molar-refractivity contribution in [3.63, 3.8) is 0 Å². The second kappa shape index (κ2) is 12.3. The molecular weight excluding hydrogens is 457 g/mol. The van der Waals surface area contributed by atoms with E-state index in [9.17, 15) is 14.0 Å². The number of carbonyl (C=O) groups is 2. The summed E-state index contributed by atoms with van der Waals surface area (Å²) >= 11 is 0. The van der Waals surface area contributed by atoms with Crippen LogP contribution in [0, 0.1) is 5.82 Å². The Morgan fingerprint density at radius 2 is 1.78 bits per heavy atom. The highest BCUT2D eigenvalue weighted by molar-refractivity contribution is 5.94. The highest BCUT2D eigenvalue weighted by Crippen LogP contribution is 2.25. The molecule has 0 atom stereocenters. The molecule has 0 bridgehead atoms. The van der Waals surface area contributed by atoms with E-state index < -0.39 is 0 Å². The van der Waals surface area contributed by atoms with Gasteiger partial charge in [-0.25, -0.2) is 13.9 Å². The van der Waals surface area contributed by atoms with Crippen LogP contribution >= 0.6 is 0 Å². The van der Waals surface area contributed by atoms with Crippen LogP contribution in [0.15, 0.2) is 60.7 Å². The van der Waals surface area contributed by atoms with Gasteiger partial charge in [0.2, 0.25) is 5.91 Å². The molecule has 1 aliphatic carbocycles. The number of hydrogen-bond donors (Lipinski definition) is 2. The van der Waals surface area contributed by atoms with E-state index in [1.165, 1.54) is 18.6 Å². The Balaban J connectivity index is 1.52. The van der Waals surface area contributed by atoms with Gasteiger partial charge in [0, 0.05) is 24.2 Å². The molecule has 1 aromatic heterocycles. The van der Waals surface area contributed by atoms with Gasteiger partial charge in [-0.1, -0.05) is 62.9 Å². The lowest BCUT2D eigenvalue weighted by Crippen LogP contribution is -2.48. The quantitative estimate of drug-likeness (QED) is 0.399. The third kappa shape index (κ3) is 6.71. The molecule has 1 fully saturated rings. The fraction of sp³-hybridized carbons (Fsp3) is 0.393. The summed E-state index contributed by atoms with van der Waals surface area (Å²) in [7, 11) is 0. The summed E-state index contributed by atoms with van der Waals surface area (Å²) in [5.41, 5.74) is 2.19. The number of benzene rings is 2. The summed E-state index contributed by atoms with van der Waals surface area (Å²) in [4.78, 5) is 27.7. The van der Waals surface area contributed by atoms with Crippen molar-refractivity contribution in [2.24, 2.45) is 0 Å². The van der Waals surface area contributed by atoms with E-state index in [2.05, 4.69) is 22.7 Å². The van der Waals surface area contributed by atoms with Crippen molar-refractivity contribution in [2.45, 2.75) is 57.9 Å². The number of nitrogens with zero attached hydrogens (tertiary/aromatic N) is 3. The maximum atomic E-state index is 13.5. The predicted molar refractivity (Wildman–Crippen MR) is 139 cm³/mol. The molecule has 4 rings (SSSR count). The second-order valence-corrected chi connectivity index (χ2v) is 9.28. The number of urea groups is 1. The molecule has 3 aromatic rings. The van der Waals surface area contributed by atoms with Crippen LogP contribution in [0.3, 0.4) is 0 Å². The minimum absolute atomic E-state index is 0.0617. The van der Waals surface area contributed by atoms with Crippen molar-refractivity contribution in [1.29, 1.82) is 0 Å². The summed E-state index contributed by atoms with van der Waals surface area (Å²) in [6.07, 6.45) is 7.16. The minimum atomic E-state index is -0.352. The molecule has 1 aliphatic rings. The first-order valence-corrected chi connectivity index (χ1v) is 12.8. The zero-order valence-corrected chi connectivity index (χ0v) is 20.8. The normalized spacial score (nSPS) is 13.8. The SMILES string of the molecule is CCCCN(CC(=O)Nc1cc(-c2ccccc2)nn1-c1ccc(F)cc1)C(=O)NC1CCCCC1. The molecule has 8 heteroatoms. The maximum absolute atomic E-state index is 13.5. The Hall–Kier alpha value is -3.68. The fourth-order valence-electron chi connectivity index (χ4n) is 4.47. The third-order valence-corrected chi connectivity index (χ3v) is 6.45. The van der Waals surface area contributed by atoms with Gasteiger partial charge in [0.1, 0.15) is 18.2 Å². The van der Waals surface area contributed by atoms with E-state index in [4.69, 9.17) is 0 Å². The van der Waals surface area contributed by atoms with Crippen molar-refractivity contribution in [3.8, 4) is 16.9 Å². The highest BCUT2D eigenvalue weighted by atomic mass is 19.1. The lowest BCUT2D eigenvalue weighted by molar-refractivity contribution is -0.116. The van der Waals surface area contributed by atoms with Crippen molar-refractivity contribution in [3.05, 3.63) is 66.5 Å². The van der Waals surface area contributed by atoms with Gasteiger partial charge >= 0.3 is 6.03 Å². The van der Waals surface area contributed by atoms with Gasteiger partial charge in [-0.3, -0.25) is 4.79 Å². The van der Waals surface area contributed by atoms with Gasteiger partial charge in [0.15, 0.2) is 0 Å². The maximum Gasteiger partial charge on any atom is 0.318 e. The van der Waals surface area contributed by atoms with Crippen molar-refractivity contribution >= 4 is 17.8 Å². The molecule has 2 N–H and O–H groups in total. The van der Waals surface area contributed by atoms with E-state index in [1.54, 1.807) is 27.8 Å². The van der Waals surface area contributed by atoms with E-state index >= 15 is 0 Å². The lowest BCUT2D eigenvalue weighted by atomic mass is 9.96. The lowest BCUT2D eigenvalue weighted by Gasteiger charge is -2.28. The van der Waals surface area contributed by atoms with E-state index in [1.807, 2.05) is 30.3 Å². The molecule has 2 aromatic carbocycles. The Morgan fingerprint density at radius 1 is 1.06 bits per heavy atom. The summed E-state index contributed by atoms with van der Waals surface area (Å²) < 4.78 is 15.1. The smallest absolute Gasteiger partial charge is 0.318 e. The van der Waals surface area contributed by atoms with Crippen LogP contribution in [0.25, 0.3) is 16.9 Å². The van der Waals surface area contributed by atoms with Gasteiger partial charge in [-0.15, -0.1) is 0 Å². The van der Waals surface area contributed by atoms with Crippen molar-refractivity contribution < 1.29 is 14.0 Å². The van der Waals surface area contributed by atoms with E-state index in [0.717, 1.165) is 44.1 Å². The number of rotatable bonds is 9. The molecule has 190 valence electrons. The van der Waals surface area contributed by atoms with Crippen LogP contribution < -0.4 is 10.6 Å². The number of unbranched alkanes of at least 4 members (excludes halogenated alkanes) is 1. The van der Waals surface area contributed by atoms with Gasteiger partial charge in [0.05, 0.1) is 11.4 Å². The largest absolute Gasteiger partial charge is 0.335 e. The molecule has 1 saturated carbocycles. The summed E-state index contributed by atoms with van der Waals surface area (Å²) in [6.45, 7) is 2.51. The summed E-state index contributed by atoms with van der Waals surface area (Å²) in [5.74, 6) is -0.211. The molecule has 3 amide bonds. The molecule has 36 heavy (non-hydrogen) atoms. The predicted octanol–water partition coefficient (Wildman–Crippen LogP) is 5.76. The fourth-order valence-corrected chi connectivity index (χ4v) is 4.47. The first-order chi connectivity index (χ1) is 17.5. The number of aromatic nitrogens is 2. The average Bonchev–Trinajstić information content (AvgIpc) is 3.31. The summed E-state index contributed by atoms with van der Waals surface area (Å²) in [6, 6.07) is 17.3. The molecule has 0 aliphatic heterocycles. The highest BCUT2D eigenvalue weighted by Gasteiger charge is 2.22. The third-order valence-electron chi connectivity index (χ3n) is 6.45. The van der Waals surface area contributed by atoms with Gasteiger partial charge in [-0.2, -0.15) is 5.10 Å². The molecule has 7 nitrogen and oxygen atoms in total. The van der Waals surface area contributed by atoms with Crippen LogP contribution in [0.1, 0.15) is 51.9 Å². The summed E-state index contributed by atoms with van der Waals surface area (Å²) in [5, 5.41) is 10.7. The van der Waals surface area contributed by atoms with E-state index in [0.29, 0.717) is 23.7 Å². The topological polar surface area (TPSA) is 79.3 Å². The first-order valence-electron chi connectivity index (χ1n) is 12.8. The molecule has 0 spiro atoms. The van der Waals surface area contributed by atoms with Crippen LogP contribution in [0.5, 0.6) is 0 Å². The standard InChI is InChI=1S/C28H34FN5O2/c1-2-3-18-33(28(36)30-23-12-8-5-9-13-23)20-27(35)31-26-19-25(21-10-6-4-7-11-21)32-34(26)24-16-14-22(29)15-17-24/h4,6-7,10-11,14-17,19,23H,2-3,5,8-9,12-13,18,20H2,1H3,(H,30,36)(H,31,35). The molecule has 1 heterocycles. The molecule has 0 saturated heterocycles. The monoisotopic (exact) mass is 491 g/mol. The second-order valence-electron chi connectivity index (χ2n) is 9.28. The number of hydrogen-bond acceptors (Lipinski definition) is 3. The van der Waals surface area contributed by atoms with Gasteiger partial charge in [-0.05, 0) is 43.5 Å². The number of halogens is 1. The van der Waals surface area contributed by atoms with Crippen LogP contribution in [-0.4, -0.2) is 45.8 Å². The number of amides is 3. The number of nitrogens with one attached hydrogen (secondary N) is 2. The van der Waals surface area contributed by atoms with Crippen LogP contribution in [-0.2, 0) is 4.79 Å². The van der Waals surface area contributed by atoms with Gasteiger partial charge in [0.25, 0.3) is 0 Å². The van der Waals surface area contributed by atoms with Crippen molar-refractivity contribution in [1.82, 2.24) is 20.0 Å². The number of anilines is 1. The van der Waals surface area contributed by atoms with Crippen LogP contribution in [0.4, 0.5) is 15.0 Å². The molecule has 0 unspecified atom stereocenters. The Kier molecular flexibility index (Phi) is 8.71. The van der Waals surface area contributed by atoms with Gasteiger partial charge < -0.3 is 15.5 Å². The van der Waals surface area contributed by atoms with Crippen LogP contribution in [0.2, 0.25) is 0 Å². The Morgan fingerprint density at radius 3 is 2.47 bits per heavy atom. The Bertz CT molecular complexity index is 1140. The Labute approximate surface area is 211 Å². The molecular formula is C28H34FN5O2. The zero-order chi connectivity index (χ0) is 25.3. The first kappa shape index (κ1) is 25.4. The minimum Gasteiger partial charge on any atom is -0.335 e. The molecule has 0 radical (unpaired) electrons. The van der Waals surface area contributed by atoms with E-state index in [-0.39, 0.29) is 30.3 Å². The zero-order valence-electron chi connectivity index (χ0n) is 20.8. The average molecular weight is 492 g/mol.